The summed E-state index contributed by atoms with van der Waals surface area (Å²) in [5, 5.41) is 17.5. The van der Waals surface area contributed by atoms with Gasteiger partial charge in [-0.3, -0.25) is 0 Å². The molecule has 0 fully saturated rings. The van der Waals surface area contributed by atoms with E-state index in [9.17, 15) is 0 Å². The predicted molar refractivity (Wildman–Crippen MR) is 39.5 cm³/mol. The Morgan fingerprint density at radius 2 is 2.40 bits per heavy atom. The van der Waals surface area contributed by atoms with Crippen LogP contribution in [0.1, 0.15) is 12.8 Å². The summed E-state index contributed by atoms with van der Waals surface area (Å²) in [6, 6.07) is 0. The van der Waals surface area contributed by atoms with Crippen molar-refractivity contribution in [3.8, 4) is 0 Å². The maximum atomic E-state index is 9.00. The molecule has 56 valence electrons. The fraction of sp³-hybridized carbons (Fsp3) is 0.500. The Hall–Kier alpha value is -0.600. The van der Waals surface area contributed by atoms with Crippen LogP contribution in [-0.4, -0.2) is 22.9 Å². The van der Waals surface area contributed by atoms with E-state index in [1.807, 2.05) is 18.2 Å². The maximum Gasteiger partial charge on any atom is 0.0808 e. The second-order valence-electron chi connectivity index (χ2n) is 2.50. The van der Waals surface area contributed by atoms with Crippen LogP contribution in [0.2, 0.25) is 0 Å². The topological polar surface area (TPSA) is 40.5 Å². The molecule has 0 unspecified atom stereocenters. The first-order valence-electron chi connectivity index (χ1n) is 3.46. The quantitative estimate of drug-likeness (QED) is 0.603. The van der Waals surface area contributed by atoms with Crippen LogP contribution in [0.25, 0.3) is 0 Å². The molecule has 0 saturated carbocycles. The van der Waals surface area contributed by atoms with Gasteiger partial charge >= 0.3 is 0 Å². The monoisotopic (exact) mass is 140 g/mol. The lowest BCUT2D eigenvalue weighted by atomic mass is 10.1. The van der Waals surface area contributed by atoms with Crippen LogP contribution < -0.4 is 0 Å². The van der Waals surface area contributed by atoms with Gasteiger partial charge < -0.3 is 10.2 Å². The number of hydrogen-bond donors (Lipinski definition) is 2. The van der Waals surface area contributed by atoms with Crippen LogP contribution >= 0.6 is 0 Å². The molecule has 0 radical (unpaired) electrons. The molecule has 0 spiro atoms. The fourth-order valence-corrected chi connectivity index (χ4v) is 1.01. The lowest BCUT2D eigenvalue weighted by molar-refractivity contribution is 0.0952. The maximum absolute atomic E-state index is 9.00. The summed E-state index contributed by atoms with van der Waals surface area (Å²) < 4.78 is 0. The lowest BCUT2D eigenvalue weighted by Gasteiger charge is -2.06. The number of allylic oxidation sites excluding steroid dienone is 3. The Morgan fingerprint density at radius 3 is 2.90 bits per heavy atom. The van der Waals surface area contributed by atoms with E-state index in [1.54, 1.807) is 0 Å². The zero-order valence-electron chi connectivity index (χ0n) is 5.83. The normalized spacial score (nSPS) is 19.2. The van der Waals surface area contributed by atoms with Gasteiger partial charge in [0.2, 0.25) is 0 Å². The summed E-state index contributed by atoms with van der Waals surface area (Å²) in [4.78, 5) is 0. The van der Waals surface area contributed by atoms with E-state index >= 15 is 0 Å². The van der Waals surface area contributed by atoms with Gasteiger partial charge in [0.15, 0.2) is 0 Å². The van der Waals surface area contributed by atoms with E-state index in [2.05, 4.69) is 0 Å². The van der Waals surface area contributed by atoms with Crippen molar-refractivity contribution in [2.75, 3.05) is 6.61 Å². The van der Waals surface area contributed by atoms with E-state index < -0.39 is 6.10 Å². The van der Waals surface area contributed by atoms with Gasteiger partial charge in [-0.15, -0.1) is 0 Å². The summed E-state index contributed by atoms with van der Waals surface area (Å²) >= 11 is 0. The summed E-state index contributed by atoms with van der Waals surface area (Å²) in [6.07, 6.45) is 6.95. The molecular formula is C8H12O2. The molecule has 1 aliphatic carbocycles. The van der Waals surface area contributed by atoms with Crippen LogP contribution in [0, 0.1) is 0 Å². The summed E-state index contributed by atoms with van der Waals surface area (Å²) in [5.41, 5.74) is 1.20. The van der Waals surface area contributed by atoms with Crippen LogP contribution in [0.15, 0.2) is 23.8 Å². The molecule has 1 rings (SSSR count). The molecule has 0 amide bonds. The van der Waals surface area contributed by atoms with E-state index in [0.717, 1.165) is 6.42 Å². The predicted octanol–water partition coefficient (Wildman–Crippen LogP) is 0.616. The van der Waals surface area contributed by atoms with Gasteiger partial charge in [0.25, 0.3) is 0 Å². The Kier molecular flexibility index (Phi) is 2.66. The van der Waals surface area contributed by atoms with Crippen molar-refractivity contribution in [3.05, 3.63) is 23.8 Å². The SMILES string of the molecule is OC[C@H](O)CC1=CC=CC1. The molecule has 0 saturated heterocycles. The van der Waals surface area contributed by atoms with Gasteiger partial charge in [0, 0.05) is 0 Å². The van der Waals surface area contributed by atoms with Gasteiger partial charge in [-0.2, -0.15) is 0 Å². The summed E-state index contributed by atoms with van der Waals surface area (Å²) in [7, 11) is 0. The molecule has 0 aromatic carbocycles. The minimum atomic E-state index is -0.578. The lowest BCUT2D eigenvalue weighted by Crippen LogP contribution is -2.11. The third-order valence-electron chi connectivity index (χ3n) is 1.56. The third kappa shape index (κ3) is 1.97. The van der Waals surface area contributed by atoms with E-state index in [4.69, 9.17) is 10.2 Å². The number of aliphatic hydroxyl groups is 2. The van der Waals surface area contributed by atoms with E-state index in [0.29, 0.717) is 6.42 Å². The van der Waals surface area contributed by atoms with Gasteiger partial charge in [-0.25, -0.2) is 0 Å². The molecule has 1 aliphatic rings. The first kappa shape index (κ1) is 7.51. The van der Waals surface area contributed by atoms with Crippen molar-refractivity contribution >= 4 is 0 Å². The van der Waals surface area contributed by atoms with Crippen LogP contribution in [0.4, 0.5) is 0 Å². The fourth-order valence-electron chi connectivity index (χ4n) is 1.01. The standard InChI is InChI=1S/C8H12O2/c9-6-8(10)5-7-3-1-2-4-7/h1-3,8-10H,4-6H2/t8-/m1/s1. The molecule has 0 bridgehead atoms. The Balaban J connectivity index is 2.26. The highest BCUT2D eigenvalue weighted by molar-refractivity contribution is 5.23. The molecule has 2 N–H and O–H groups in total. The molecule has 1 atom stereocenters. The number of rotatable bonds is 3. The summed E-state index contributed by atoms with van der Waals surface area (Å²) in [5.74, 6) is 0. The van der Waals surface area contributed by atoms with Crippen molar-refractivity contribution < 1.29 is 10.2 Å². The van der Waals surface area contributed by atoms with E-state index in [-0.39, 0.29) is 6.61 Å². The average molecular weight is 140 g/mol. The first-order valence-corrected chi connectivity index (χ1v) is 3.46. The zero-order chi connectivity index (χ0) is 7.40. The number of hydrogen-bond acceptors (Lipinski definition) is 2. The molecule has 0 heterocycles. The molecule has 0 aliphatic heterocycles. The highest BCUT2D eigenvalue weighted by Crippen LogP contribution is 2.15. The third-order valence-corrected chi connectivity index (χ3v) is 1.56. The smallest absolute Gasteiger partial charge is 0.0808 e. The highest BCUT2D eigenvalue weighted by atomic mass is 16.3. The Bertz CT molecular complexity index is 159. The molecule has 0 aromatic rings. The summed E-state index contributed by atoms with van der Waals surface area (Å²) in [6.45, 7) is -0.142. The number of aliphatic hydroxyl groups excluding tert-OH is 2. The average Bonchev–Trinajstić information content (AvgIpc) is 2.40. The van der Waals surface area contributed by atoms with Crippen molar-refractivity contribution in [2.24, 2.45) is 0 Å². The molecule has 2 nitrogen and oxygen atoms in total. The zero-order valence-corrected chi connectivity index (χ0v) is 5.83. The largest absolute Gasteiger partial charge is 0.394 e. The van der Waals surface area contributed by atoms with Gasteiger partial charge in [-0.1, -0.05) is 23.8 Å². The minimum absolute atomic E-state index is 0.142. The second kappa shape index (κ2) is 3.54. The van der Waals surface area contributed by atoms with Crippen LogP contribution in [0.5, 0.6) is 0 Å². The molecule has 0 aromatic heterocycles. The molecule has 2 heteroatoms. The van der Waals surface area contributed by atoms with Gasteiger partial charge in [0.1, 0.15) is 0 Å². The van der Waals surface area contributed by atoms with Gasteiger partial charge in [0.05, 0.1) is 12.7 Å². The highest BCUT2D eigenvalue weighted by Gasteiger charge is 2.06. The molecular weight excluding hydrogens is 128 g/mol. The van der Waals surface area contributed by atoms with Crippen LogP contribution in [-0.2, 0) is 0 Å². The second-order valence-corrected chi connectivity index (χ2v) is 2.50. The molecule has 10 heavy (non-hydrogen) atoms. The van der Waals surface area contributed by atoms with Crippen LogP contribution in [0.3, 0.4) is 0 Å². The van der Waals surface area contributed by atoms with Crippen molar-refractivity contribution in [2.45, 2.75) is 18.9 Å². The Labute approximate surface area is 60.5 Å². The minimum Gasteiger partial charge on any atom is -0.394 e. The van der Waals surface area contributed by atoms with Gasteiger partial charge in [-0.05, 0) is 12.8 Å². The first-order chi connectivity index (χ1) is 4.83. The Morgan fingerprint density at radius 1 is 1.60 bits per heavy atom. The van der Waals surface area contributed by atoms with E-state index in [1.165, 1.54) is 5.57 Å². The van der Waals surface area contributed by atoms with Crippen molar-refractivity contribution in [1.29, 1.82) is 0 Å². The van der Waals surface area contributed by atoms with Crippen molar-refractivity contribution in [1.82, 2.24) is 0 Å². The van der Waals surface area contributed by atoms with Crippen molar-refractivity contribution in [3.63, 3.8) is 0 Å².